The molecule has 0 bridgehead atoms. The summed E-state index contributed by atoms with van der Waals surface area (Å²) in [5.74, 6) is 0.535. The van der Waals surface area contributed by atoms with Gasteiger partial charge in [0.25, 0.3) is 0 Å². The predicted molar refractivity (Wildman–Crippen MR) is 56.2 cm³/mol. The Bertz CT molecular complexity index is 481. The molecule has 0 spiro atoms. The topological polar surface area (TPSA) is 26.0 Å². The van der Waals surface area contributed by atoms with Crippen LogP contribution < -0.4 is 0 Å². The predicted octanol–water partition coefficient (Wildman–Crippen LogP) is 3.53. The van der Waals surface area contributed by atoms with Crippen LogP contribution in [0.5, 0.6) is 0 Å². The van der Waals surface area contributed by atoms with Crippen LogP contribution >= 0.6 is 11.6 Å². The van der Waals surface area contributed by atoms with Gasteiger partial charge in [0.15, 0.2) is 12.2 Å². The van der Waals surface area contributed by atoms with Crippen LogP contribution in [-0.2, 0) is 5.88 Å². The average Bonchev–Trinajstić information content (AvgIpc) is 2.70. The van der Waals surface area contributed by atoms with E-state index in [0.717, 1.165) is 0 Å². The highest BCUT2D eigenvalue weighted by atomic mass is 35.5. The molecular weight excluding hydrogens is 217 g/mol. The number of benzene rings is 1. The van der Waals surface area contributed by atoms with E-state index in [-0.39, 0.29) is 11.7 Å². The number of alkyl halides is 1. The van der Waals surface area contributed by atoms with Gasteiger partial charge in [0.1, 0.15) is 11.5 Å². The summed E-state index contributed by atoms with van der Waals surface area (Å²) in [7, 11) is 0. The van der Waals surface area contributed by atoms with Crippen LogP contribution in [0.3, 0.4) is 0 Å². The molecule has 0 unspecified atom stereocenters. The van der Waals surface area contributed by atoms with Crippen molar-refractivity contribution in [1.82, 2.24) is 4.98 Å². The van der Waals surface area contributed by atoms with Gasteiger partial charge in [-0.3, -0.25) is 0 Å². The summed E-state index contributed by atoms with van der Waals surface area (Å²) >= 11 is 5.70. The maximum Gasteiger partial charge on any atom is 0.181 e. The summed E-state index contributed by atoms with van der Waals surface area (Å²) < 4.78 is 18.5. The standard InChI is InChI=1S/C11H9ClFNO/c1-7-8(3-2-4-9(7)13)11-10(5-12)14-6-15-11/h2-4,6H,5H2,1H3. The van der Waals surface area contributed by atoms with Crippen LogP contribution in [-0.4, -0.2) is 4.98 Å². The minimum absolute atomic E-state index is 0.252. The molecule has 1 aromatic carbocycles. The third-order valence-corrected chi connectivity index (χ3v) is 2.53. The summed E-state index contributed by atoms with van der Waals surface area (Å²) in [6.45, 7) is 1.70. The molecule has 0 amide bonds. The molecular formula is C11H9ClFNO. The second-order valence-corrected chi connectivity index (χ2v) is 3.44. The Labute approximate surface area is 91.7 Å². The second-order valence-electron chi connectivity index (χ2n) is 3.17. The fourth-order valence-corrected chi connectivity index (χ4v) is 1.63. The Balaban J connectivity index is 2.59. The van der Waals surface area contributed by atoms with Gasteiger partial charge in [0.05, 0.1) is 5.88 Å². The van der Waals surface area contributed by atoms with Crippen molar-refractivity contribution in [3.05, 3.63) is 41.7 Å². The Hall–Kier alpha value is -1.35. The Kier molecular flexibility index (Phi) is 2.73. The Morgan fingerprint density at radius 2 is 2.27 bits per heavy atom. The van der Waals surface area contributed by atoms with Gasteiger partial charge in [-0.1, -0.05) is 12.1 Å². The molecule has 1 aromatic heterocycles. The van der Waals surface area contributed by atoms with Crippen LogP contribution in [0.1, 0.15) is 11.3 Å². The van der Waals surface area contributed by atoms with Gasteiger partial charge < -0.3 is 4.42 Å². The molecule has 0 aliphatic carbocycles. The van der Waals surface area contributed by atoms with E-state index in [4.69, 9.17) is 16.0 Å². The van der Waals surface area contributed by atoms with E-state index in [2.05, 4.69) is 4.98 Å². The van der Waals surface area contributed by atoms with Crippen molar-refractivity contribution in [3.8, 4) is 11.3 Å². The molecule has 15 heavy (non-hydrogen) atoms. The first-order chi connectivity index (χ1) is 7.24. The number of hydrogen-bond acceptors (Lipinski definition) is 2. The first kappa shape index (κ1) is 10.2. The molecule has 1 heterocycles. The summed E-state index contributed by atoms with van der Waals surface area (Å²) in [5, 5.41) is 0. The lowest BCUT2D eigenvalue weighted by Crippen LogP contribution is -1.89. The summed E-state index contributed by atoms with van der Waals surface area (Å²) in [4.78, 5) is 3.96. The molecule has 0 saturated heterocycles. The Morgan fingerprint density at radius 3 is 3.00 bits per heavy atom. The monoisotopic (exact) mass is 225 g/mol. The van der Waals surface area contributed by atoms with Gasteiger partial charge in [0.2, 0.25) is 0 Å². The fraction of sp³-hybridized carbons (Fsp3) is 0.182. The third-order valence-electron chi connectivity index (χ3n) is 2.28. The number of hydrogen-bond donors (Lipinski definition) is 0. The summed E-state index contributed by atoms with van der Waals surface area (Å²) in [5.41, 5.74) is 1.87. The molecule has 0 N–H and O–H groups in total. The van der Waals surface area contributed by atoms with Crippen LogP contribution in [0.25, 0.3) is 11.3 Å². The normalized spacial score (nSPS) is 10.6. The lowest BCUT2D eigenvalue weighted by molar-refractivity contribution is 0.568. The number of aromatic nitrogens is 1. The van der Waals surface area contributed by atoms with E-state index in [0.29, 0.717) is 22.6 Å². The minimum Gasteiger partial charge on any atom is -0.443 e. The van der Waals surface area contributed by atoms with Crippen LogP contribution in [0, 0.1) is 12.7 Å². The largest absolute Gasteiger partial charge is 0.443 e. The number of oxazole rings is 1. The first-order valence-corrected chi connectivity index (χ1v) is 5.01. The van der Waals surface area contributed by atoms with Crippen molar-refractivity contribution in [2.75, 3.05) is 0 Å². The highest BCUT2D eigenvalue weighted by molar-refractivity contribution is 6.17. The first-order valence-electron chi connectivity index (χ1n) is 4.48. The van der Waals surface area contributed by atoms with E-state index >= 15 is 0 Å². The quantitative estimate of drug-likeness (QED) is 0.731. The second kappa shape index (κ2) is 4.03. The van der Waals surface area contributed by atoms with Crippen molar-refractivity contribution in [2.24, 2.45) is 0 Å². The zero-order chi connectivity index (χ0) is 10.8. The maximum atomic E-state index is 13.3. The van der Waals surface area contributed by atoms with Crippen molar-refractivity contribution >= 4 is 11.6 Å². The lowest BCUT2D eigenvalue weighted by Gasteiger charge is -2.04. The van der Waals surface area contributed by atoms with Gasteiger partial charge in [0, 0.05) is 5.56 Å². The summed E-state index contributed by atoms with van der Waals surface area (Å²) in [6, 6.07) is 4.84. The molecule has 0 aliphatic rings. The molecule has 0 radical (unpaired) electrons. The lowest BCUT2D eigenvalue weighted by atomic mass is 10.1. The highest BCUT2D eigenvalue weighted by Crippen LogP contribution is 2.28. The maximum absolute atomic E-state index is 13.3. The van der Waals surface area contributed by atoms with Gasteiger partial charge in [-0.15, -0.1) is 11.6 Å². The minimum atomic E-state index is -0.260. The van der Waals surface area contributed by atoms with Gasteiger partial charge in [-0.25, -0.2) is 9.37 Å². The van der Waals surface area contributed by atoms with Crippen LogP contribution in [0.4, 0.5) is 4.39 Å². The number of rotatable bonds is 2. The summed E-state index contributed by atoms with van der Waals surface area (Å²) in [6.07, 6.45) is 1.32. The molecule has 0 fully saturated rings. The molecule has 2 aromatic rings. The van der Waals surface area contributed by atoms with Gasteiger partial charge >= 0.3 is 0 Å². The van der Waals surface area contributed by atoms with E-state index in [9.17, 15) is 4.39 Å². The molecule has 0 saturated carbocycles. The number of nitrogens with zero attached hydrogens (tertiary/aromatic N) is 1. The molecule has 78 valence electrons. The average molecular weight is 226 g/mol. The van der Waals surface area contributed by atoms with Crippen molar-refractivity contribution < 1.29 is 8.81 Å². The Morgan fingerprint density at radius 1 is 1.47 bits per heavy atom. The van der Waals surface area contributed by atoms with Crippen molar-refractivity contribution in [2.45, 2.75) is 12.8 Å². The van der Waals surface area contributed by atoms with Gasteiger partial charge in [-0.2, -0.15) is 0 Å². The zero-order valence-electron chi connectivity index (χ0n) is 8.13. The van der Waals surface area contributed by atoms with E-state index in [1.165, 1.54) is 12.5 Å². The van der Waals surface area contributed by atoms with Crippen LogP contribution in [0.2, 0.25) is 0 Å². The van der Waals surface area contributed by atoms with E-state index in [1.54, 1.807) is 19.1 Å². The molecule has 0 aliphatic heterocycles. The van der Waals surface area contributed by atoms with Gasteiger partial charge in [-0.05, 0) is 18.6 Å². The van der Waals surface area contributed by atoms with Crippen molar-refractivity contribution in [1.29, 1.82) is 0 Å². The van der Waals surface area contributed by atoms with E-state index < -0.39 is 0 Å². The fourth-order valence-electron chi connectivity index (χ4n) is 1.44. The highest BCUT2D eigenvalue weighted by Gasteiger charge is 2.13. The third kappa shape index (κ3) is 1.75. The SMILES string of the molecule is Cc1c(F)cccc1-c1ocnc1CCl. The molecule has 0 atom stereocenters. The van der Waals surface area contributed by atoms with E-state index in [1.807, 2.05) is 0 Å². The molecule has 4 heteroatoms. The molecule has 2 nitrogen and oxygen atoms in total. The van der Waals surface area contributed by atoms with Crippen molar-refractivity contribution in [3.63, 3.8) is 0 Å². The zero-order valence-corrected chi connectivity index (χ0v) is 8.88. The van der Waals surface area contributed by atoms with Crippen LogP contribution in [0.15, 0.2) is 29.0 Å². The molecule has 2 rings (SSSR count). The smallest absolute Gasteiger partial charge is 0.181 e. The number of halogens is 2.